The molecule has 2 rings (SSSR count). The standard InChI is InChI=1S/C16H32N2O2/c1-6-15(3,4)18(5)14-12-16(19-10-11-20-16)9-8-13(14)17-7-2/h13-14,17H,6-12H2,1-5H3. The maximum absolute atomic E-state index is 5.96. The molecule has 2 aliphatic rings. The van der Waals surface area contributed by atoms with Crippen molar-refractivity contribution in [1.29, 1.82) is 0 Å². The average Bonchev–Trinajstić information content (AvgIpc) is 2.88. The predicted molar refractivity (Wildman–Crippen MR) is 81.9 cm³/mol. The van der Waals surface area contributed by atoms with Crippen LogP contribution in [0, 0.1) is 0 Å². The minimum atomic E-state index is -0.311. The van der Waals surface area contributed by atoms with Crippen molar-refractivity contribution >= 4 is 0 Å². The van der Waals surface area contributed by atoms with Crippen LogP contribution < -0.4 is 5.32 Å². The molecule has 1 saturated heterocycles. The highest BCUT2D eigenvalue weighted by Crippen LogP contribution is 2.39. The third kappa shape index (κ3) is 3.19. The van der Waals surface area contributed by atoms with E-state index in [0.29, 0.717) is 12.1 Å². The summed E-state index contributed by atoms with van der Waals surface area (Å²) in [6.45, 7) is 11.6. The lowest BCUT2D eigenvalue weighted by molar-refractivity contribution is -0.196. The van der Waals surface area contributed by atoms with Crippen LogP contribution in [-0.4, -0.2) is 55.1 Å². The van der Waals surface area contributed by atoms with Crippen LogP contribution in [0.25, 0.3) is 0 Å². The fraction of sp³-hybridized carbons (Fsp3) is 1.00. The minimum Gasteiger partial charge on any atom is -0.347 e. The fourth-order valence-corrected chi connectivity index (χ4v) is 3.50. The monoisotopic (exact) mass is 284 g/mol. The molecule has 0 amide bonds. The van der Waals surface area contributed by atoms with Gasteiger partial charge in [0.25, 0.3) is 0 Å². The van der Waals surface area contributed by atoms with Gasteiger partial charge in [-0.2, -0.15) is 0 Å². The highest BCUT2D eigenvalue weighted by atomic mass is 16.7. The second-order valence-corrected chi connectivity index (χ2v) is 6.86. The first-order valence-electron chi connectivity index (χ1n) is 8.18. The van der Waals surface area contributed by atoms with Gasteiger partial charge in [0.05, 0.1) is 13.2 Å². The quantitative estimate of drug-likeness (QED) is 0.840. The number of hydrogen-bond donors (Lipinski definition) is 1. The Morgan fingerprint density at radius 1 is 1.25 bits per heavy atom. The molecule has 1 aliphatic heterocycles. The number of hydrogen-bond acceptors (Lipinski definition) is 4. The maximum Gasteiger partial charge on any atom is 0.170 e. The second kappa shape index (κ2) is 6.30. The molecule has 1 saturated carbocycles. The topological polar surface area (TPSA) is 33.7 Å². The van der Waals surface area contributed by atoms with Crippen molar-refractivity contribution in [3.05, 3.63) is 0 Å². The van der Waals surface area contributed by atoms with Crippen molar-refractivity contribution in [2.24, 2.45) is 0 Å². The van der Waals surface area contributed by atoms with Crippen LogP contribution in [0.1, 0.15) is 53.4 Å². The molecule has 4 heteroatoms. The number of nitrogens with one attached hydrogen (secondary N) is 1. The molecule has 0 aromatic rings. The van der Waals surface area contributed by atoms with E-state index < -0.39 is 0 Å². The van der Waals surface area contributed by atoms with Crippen LogP contribution in [0.4, 0.5) is 0 Å². The van der Waals surface area contributed by atoms with Crippen molar-refractivity contribution in [2.45, 2.75) is 76.8 Å². The molecule has 0 bridgehead atoms. The number of rotatable bonds is 5. The van der Waals surface area contributed by atoms with Crippen LogP contribution in [0.2, 0.25) is 0 Å². The van der Waals surface area contributed by atoms with Gasteiger partial charge in [0, 0.05) is 30.5 Å². The lowest BCUT2D eigenvalue weighted by Gasteiger charge is -2.50. The molecule has 4 nitrogen and oxygen atoms in total. The molecule has 118 valence electrons. The van der Waals surface area contributed by atoms with Gasteiger partial charge in [-0.25, -0.2) is 0 Å². The summed E-state index contributed by atoms with van der Waals surface area (Å²) in [5, 5.41) is 3.67. The lowest BCUT2D eigenvalue weighted by Crippen LogP contribution is -2.61. The highest BCUT2D eigenvalue weighted by Gasteiger charge is 2.47. The summed E-state index contributed by atoms with van der Waals surface area (Å²) in [4.78, 5) is 2.53. The number of likely N-dealkylation sites (N-methyl/N-ethyl adjacent to an activating group) is 2. The van der Waals surface area contributed by atoms with Gasteiger partial charge in [0.2, 0.25) is 0 Å². The van der Waals surface area contributed by atoms with Gasteiger partial charge in [-0.1, -0.05) is 13.8 Å². The van der Waals surface area contributed by atoms with E-state index in [9.17, 15) is 0 Å². The zero-order valence-electron chi connectivity index (χ0n) is 13.9. The fourth-order valence-electron chi connectivity index (χ4n) is 3.50. The van der Waals surface area contributed by atoms with Crippen LogP contribution >= 0.6 is 0 Å². The van der Waals surface area contributed by atoms with Crippen LogP contribution in [0.3, 0.4) is 0 Å². The van der Waals surface area contributed by atoms with Gasteiger partial charge in [-0.05, 0) is 40.3 Å². The normalized spacial score (nSPS) is 30.3. The smallest absolute Gasteiger partial charge is 0.170 e. The van der Waals surface area contributed by atoms with E-state index in [1.165, 1.54) is 0 Å². The van der Waals surface area contributed by atoms with E-state index in [-0.39, 0.29) is 11.3 Å². The van der Waals surface area contributed by atoms with Gasteiger partial charge in [0.15, 0.2) is 5.79 Å². The Hall–Kier alpha value is -0.160. The largest absolute Gasteiger partial charge is 0.347 e. The Kier molecular flexibility index (Phi) is 5.11. The zero-order valence-corrected chi connectivity index (χ0v) is 13.9. The highest BCUT2D eigenvalue weighted by molar-refractivity contribution is 4.98. The molecule has 2 atom stereocenters. The molecule has 0 aromatic heterocycles. The Morgan fingerprint density at radius 3 is 2.45 bits per heavy atom. The summed E-state index contributed by atoms with van der Waals surface area (Å²) in [5.74, 6) is -0.311. The Bertz CT molecular complexity index is 314. The lowest BCUT2D eigenvalue weighted by atomic mass is 9.82. The van der Waals surface area contributed by atoms with Gasteiger partial charge in [-0.3, -0.25) is 4.90 Å². The molecule has 1 aliphatic carbocycles. The SMILES string of the molecule is CCNC1CCC2(CC1N(C)C(C)(C)CC)OCCO2. The predicted octanol–water partition coefficient (Wildman–Crippen LogP) is 2.38. The minimum absolute atomic E-state index is 0.204. The molecular weight excluding hydrogens is 252 g/mol. The molecule has 0 aromatic carbocycles. The molecule has 1 spiro atoms. The van der Waals surface area contributed by atoms with E-state index >= 15 is 0 Å². The van der Waals surface area contributed by atoms with Crippen molar-refractivity contribution in [1.82, 2.24) is 10.2 Å². The van der Waals surface area contributed by atoms with Gasteiger partial charge >= 0.3 is 0 Å². The summed E-state index contributed by atoms with van der Waals surface area (Å²) < 4.78 is 11.9. The van der Waals surface area contributed by atoms with Crippen LogP contribution in [-0.2, 0) is 9.47 Å². The first kappa shape index (κ1) is 16.2. The van der Waals surface area contributed by atoms with Crippen molar-refractivity contribution in [3.63, 3.8) is 0 Å². The van der Waals surface area contributed by atoms with E-state index in [4.69, 9.17) is 9.47 Å². The summed E-state index contributed by atoms with van der Waals surface area (Å²) in [6, 6.07) is 1.01. The van der Waals surface area contributed by atoms with Crippen LogP contribution in [0.15, 0.2) is 0 Å². The Morgan fingerprint density at radius 2 is 1.90 bits per heavy atom. The summed E-state index contributed by atoms with van der Waals surface area (Å²) in [6.07, 6.45) is 4.27. The first-order valence-corrected chi connectivity index (χ1v) is 8.18. The third-order valence-corrected chi connectivity index (χ3v) is 5.42. The molecule has 1 N–H and O–H groups in total. The molecule has 2 fully saturated rings. The van der Waals surface area contributed by atoms with E-state index in [1.54, 1.807) is 0 Å². The van der Waals surface area contributed by atoms with Crippen LogP contribution in [0.5, 0.6) is 0 Å². The Labute approximate surface area is 124 Å². The zero-order chi connectivity index (χ0) is 14.8. The van der Waals surface area contributed by atoms with Gasteiger partial charge in [-0.15, -0.1) is 0 Å². The number of nitrogens with zero attached hydrogens (tertiary/aromatic N) is 1. The molecule has 0 radical (unpaired) electrons. The molecular formula is C16H32N2O2. The first-order chi connectivity index (χ1) is 9.44. The second-order valence-electron chi connectivity index (χ2n) is 6.86. The Balaban J connectivity index is 2.14. The van der Waals surface area contributed by atoms with Crippen molar-refractivity contribution < 1.29 is 9.47 Å². The summed E-state index contributed by atoms with van der Waals surface area (Å²) >= 11 is 0. The molecule has 20 heavy (non-hydrogen) atoms. The third-order valence-electron chi connectivity index (χ3n) is 5.42. The van der Waals surface area contributed by atoms with Gasteiger partial charge < -0.3 is 14.8 Å². The number of ether oxygens (including phenoxy) is 2. The maximum atomic E-state index is 5.96. The average molecular weight is 284 g/mol. The van der Waals surface area contributed by atoms with E-state index in [0.717, 1.165) is 45.4 Å². The summed E-state index contributed by atoms with van der Waals surface area (Å²) in [5.41, 5.74) is 0.204. The van der Waals surface area contributed by atoms with E-state index in [1.807, 2.05) is 0 Å². The van der Waals surface area contributed by atoms with Crippen molar-refractivity contribution in [3.8, 4) is 0 Å². The van der Waals surface area contributed by atoms with E-state index in [2.05, 4.69) is 45.0 Å². The van der Waals surface area contributed by atoms with Gasteiger partial charge in [0.1, 0.15) is 0 Å². The molecule has 1 heterocycles. The summed E-state index contributed by atoms with van der Waals surface area (Å²) in [7, 11) is 2.26. The molecule has 2 unspecified atom stereocenters. The van der Waals surface area contributed by atoms with Crippen molar-refractivity contribution in [2.75, 3.05) is 26.8 Å².